The van der Waals surface area contributed by atoms with Gasteiger partial charge in [0.05, 0.1) is 25.3 Å². The number of likely N-dealkylation sites (N-methyl/N-ethyl adjacent to an activating group) is 1. The summed E-state index contributed by atoms with van der Waals surface area (Å²) >= 11 is 6.47. The number of rotatable bonds is 7. The van der Waals surface area contributed by atoms with E-state index in [2.05, 4.69) is 20.1 Å². The number of nitrogens with one attached hydrogen (secondary N) is 1. The third-order valence-corrected chi connectivity index (χ3v) is 5.90. The van der Waals surface area contributed by atoms with Gasteiger partial charge in [-0.1, -0.05) is 30.7 Å². The Morgan fingerprint density at radius 3 is 2.68 bits per heavy atom. The Balaban J connectivity index is 1.39. The lowest BCUT2D eigenvalue weighted by Crippen LogP contribution is -2.36. The lowest BCUT2D eigenvalue weighted by Gasteiger charge is -2.29. The van der Waals surface area contributed by atoms with E-state index in [-0.39, 0.29) is 12.5 Å². The van der Waals surface area contributed by atoms with E-state index >= 15 is 0 Å². The molecule has 0 radical (unpaired) electrons. The first-order chi connectivity index (χ1) is 15.1. The monoisotopic (exact) mass is 438 g/mol. The molecule has 0 aliphatic carbocycles. The van der Waals surface area contributed by atoms with Crippen molar-refractivity contribution in [3.8, 4) is 0 Å². The van der Waals surface area contributed by atoms with E-state index in [1.165, 1.54) is 0 Å². The van der Waals surface area contributed by atoms with Gasteiger partial charge in [-0.05, 0) is 42.9 Å². The molecule has 1 amide bonds. The van der Waals surface area contributed by atoms with Gasteiger partial charge in [0.1, 0.15) is 0 Å². The fourth-order valence-corrected chi connectivity index (χ4v) is 4.03. The van der Waals surface area contributed by atoms with Gasteiger partial charge in [0.2, 0.25) is 5.91 Å². The summed E-state index contributed by atoms with van der Waals surface area (Å²) in [5.74, 6) is -0.0507. The number of nitrogens with zero attached hydrogens (tertiary/aromatic N) is 3. The molecule has 0 bridgehead atoms. The van der Waals surface area contributed by atoms with Gasteiger partial charge in [0, 0.05) is 53.2 Å². The summed E-state index contributed by atoms with van der Waals surface area (Å²) in [6, 6.07) is 15.8. The van der Waals surface area contributed by atoms with Crippen LogP contribution in [0.15, 0.2) is 54.7 Å². The van der Waals surface area contributed by atoms with Crippen LogP contribution in [0.3, 0.4) is 0 Å². The highest BCUT2D eigenvalue weighted by atomic mass is 35.5. The second kappa shape index (κ2) is 10.1. The van der Waals surface area contributed by atoms with Crippen molar-refractivity contribution in [2.45, 2.75) is 13.5 Å². The van der Waals surface area contributed by atoms with Crippen molar-refractivity contribution in [2.75, 3.05) is 49.6 Å². The number of anilines is 2. The molecule has 0 spiro atoms. The molecule has 31 heavy (non-hydrogen) atoms. The molecule has 1 aliphatic heterocycles. The number of pyridine rings is 1. The van der Waals surface area contributed by atoms with E-state index in [0.717, 1.165) is 60.7 Å². The van der Waals surface area contributed by atoms with Crippen molar-refractivity contribution in [3.05, 3.63) is 65.3 Å². The Morgan fingerprint density at radius 1 is 1.16 bits per heavy atom. The van der Waals surface area contributed by atoms with Gasteiger partial charge in [-0.25, -0.2) is 0 Å². The van der Waals surface area contributed by atoms with E-state index in [1.807, 2.05) is 55.5 Å². The number of fused-ring (bicyclic) bond motifs is 1. The van der Waals surface area contributed by atoms with Crippen molar-refractivity contribution >= 4 is 39.8 Å². The summed E-state index contributed by atoms with van der Waals surface area (Å²) in [6.45, 7) is 6.89. The van der Waals surface area contributed by atoms with Gasteiger partial charge in [-0.15, -0.1) is 0 Å². The highest BCUT2D eigenvalue weighted by Gasteiger charge is 2.15. The smallest absolute Gasteiger partial charge is 0.238 e. The summed E-state index contributed by atoms with van der Waals surface area (Å²) in [6.07, 6.45) is 1.77. The summed E-state index contributed by atoms with van der Waals surface area (Å²) in [5, 5.41) is 4.72. The maximum Gasteiger partial charge on any atom is 0.238 e. The largest absolute Gasteiger partial charge is 0.378 e. The molecule has 1 saturated heterocycles. The predicted molar refractivity (Wildman–Crippen MR) is 126 cm³/mol. The number of benzene rings is 2. The number of ether oxygens (including phenoxy) is 1. The maximum absolute atomic E-state index is 12.7. The Hall–Kier alpha value is -2.67. The van der Waals surface area contributed by atoms with Crippen LogP contribution in [-0.4, -0.2) is 55.2 Å². The number of aromatic nitrogens is 1. The van der Waals surface area contributed by atoms with E-state index < -0.39 is 0 Å². The van der Waals surface area contributed by atoms with Crippen LogP contribution in [0, 0.1) is 0 Å². The minimum atomic E-state index is -0.0507. The van der Waals surface area contributed by atoms with Crippen LogP contribution < -0.4 is 10.2 Å². The van der Waals surface area contributed by atoms with Gasteiger partial charge >= 0.3 is 0 Å². The Labute approximate surface area is 187 Å². The fraction of sp³-hybridized carbons (Fsp3) is 0.333. The van der Waals surface area contributed by atoms with Crippen molar-refractivity contribution in [1.82, 2.24) is 9.88 Å². The number of carbonyl (C=O) groups excluding carboxylic acids is 1. The van der Waals surface area contributed by atoms with E-state index in [4.69, 9.17) is 16.3 Å². The molecule has 3 aromatic rings. The van der Waals surface area contributed by atoms with E-state index in [1.54, 1.807) is 6.20 Å². The zero-order chi connectivity index (χ0) is 21.6. The molecule has 7 heteroatoms. The van der Waals surface area contributed by atoms with Crippen LogP contribution in [0.5, 0.6) is 0 Å². The fourth-order valence-electron chi connectivity index (χ4n) is 3.82. The average Bonchev–Trinajstić information content (AvgIpc) is 2.81. The van der Waals surface area contributed by atoms with Crippen LogP contribution in [0.4, 0.5) is 11.4 Å². The summed E-state index contributed by atoms with van der Waals surface area (Å²) in [4.78, 5) is 21.5. The minimum Gasteiger partial charge on any atom is -0.378 e. The summed E-state index contributed by atoms with van der Waals surface area (Å²) < 4.78 is 5.40. The average molecular weight is 439 g/mol. The van der Waals surface area contributed by atoms with Crippen molar-refractivity contribution < 1.29 is 9.53 Å². The van der Waals surface area contributed by atoms with Gasteiger partial charge in [0.25, 0.3) is 0 Å². The molecule has 0 saturated carbocycles. The molecule has 4 rings (SSSR count). The second-order valence-corrected chi connectivity index (χ2v) is 8.01. The van der Waals surface area contributed by atoms with Crippen molar-refractivity contribution in [3.63, 3.8) is 0 Å². The molecular formula is C24H27ClN4O2. The van der Waals surface area contributed by atoms with E-state index in [9.17, 15) is 4.79 Å². The molecule has 0 atom stereocenters. The molecule has 162 valence electrons. The molecule has 0 unspecified atom stereocenters. The second-order valence-electron chi connectivity index (χ2n) is 7.60. The molecule has 1 fully saturated rings. The topological polar surface area (TPSA) is 57.7 Å². The Morgan fingerprint density at radius 2 is 1.94 bits per heavy atom. The third kappa shape index (κ3) is 5.34. The molecule has 6 nitrogen and oxygen atoms in total. The molecule has 1 N–H and O–H groups in total. The third-order valence-electron chi connectivity index (χ3n) is 5.55. The van der Waals surface area contributed by atoms with Crippen molar-refractivity contribution in [1.29, 1.82) is 0 Å². The lowest BCUT2D eigenvalue weighted by atomic mass is 10.1. The quantitative estimate of drug-likeness (QED) is 0.599. The number of hydrogen-bond acceptors (Lipinski definition) is 5. The van der Waals surface area contributed by atoms with Crippen LogP contribution in [0.1, 0.15) is 12.5 Å². The molecular weight excluding hydrogens is 412 g/mol. The van der Waals surface area contributed by atoms with Crippen LogP contribution in [0.2, 0.25) is 5.02 Å². The van der Waals surface area contributed by atoms with Gasteiger partial charge in [0.15, 0.2) is 0 Å². The number of amides is 1. The SMILES string of the molecule is CCN(CC(=O)Nc1ccc(N2CCOCC2)cc1)Cc1c(Cl)ccc2cccnc12. The Bertz CT molecular complexity index is 1040. The molecule has 2 heterocycles. The molecule has 2 aromatic carbocycles. The number of morpholine rings is 1. The standard InChI is InChI=1S/C24H27ClN4O2/c1-2-28(16-21-22(25)10-5-18-4-3-11-26-24(18)21)17-23(30)27-19-6-8-20(9-7-19)29-12-14-31-15-13-29/h3-11H,2,12-17H2,1H3,(H,27,30). The van der Waals surface area contributed by atoms with Crippen LogP contribution >= 0.6 is 11.6 Å². The first-order valence-corrected chi connectivity index (χ1v) is 11.0. The van der Waals surface area contributed by atoms with Gasteiger partial charge < -0.3 is 15.0 Å². The number of carbonyl (C=O) groups is 1. The minimum absolute atomic E-state index is 0.0507. The first-order valence-electron chi connectivity index (χ1n) is 10.6. The summed E-state index contributed by atoms with van der Waals surface area (Å²) in [5.41, 5.74) is 3.77. The predicted octanol–water partition coefficient (Wildman–Crippen LogP) is 4.19. The zero-order valence-electron chi connectivity index (χ0n) is 17.7. The molecule has 1 aliphatic rings. The highest BCUT2D eigenvalue weighted by Crippen LogP contribution is 2.26. The molecule has 1 aromatic heterocycles. The first kappa shape index (κ1) is 21.6. The number of halogens is 1. The highest BCUT2D eigenvalue weighted by molar-refractivity contribution is 6.32. The van der Waals surface area contributed by atoms with E-state index in [0.29, 0.717) is 11.6 Å². The Kier molecular flexibility index (Phi) is 7.02. The maximum atomic E-state index is 12.7. The van der Waals surface area contributed by atoms with Crippen LogP contribution in [0.25, 0.3) is 10.9 Å². The lowest BCUT2D eigenvalue weighted by molar-refractivity contribution is -0.117. The van der Waals surface area contributed by atoms with Gasteiger partial charge in [-0.3, -0.25) is 14.7 Å². The summed E-state index contributed by atoms with van der Waals surface area (Å²) in [7, 11) is 0. The van der Waals surface area contributed by atoms with Gasteiger partial charge in [-0.2, -0.15) is 0 Å². The zero-order valence-corrected chi connectivity index (χ0v) is 18.4. The number of hydrogen-bond donors (Lipinski definition) is 1. The van der Waals surface area contributed by atoms with Crippen LogP contribution in [-0.2, 0) is 16.1 Å². The van der Waals surface area contributed by atoms with Crippen molar-refractivity contribution in [2.24, 2.45) is 0 Å². The normalized spacial score (nSPS) is 14.2.